The molecule has 3 N–H and O–H groups in total. The lowest BCUT2D eigenvalue weighted by molar-refractivity contribution is 0.0932. The molecule has 4 nitrogen and oxygen atoms in total. The zero-order chi connectivity index (χ0) is 17.6. The fourth-order valence-electron chi connectivity index (χ4n) is 3.61. The quantitative estimate of drug-likeness (QED) is 0.627. The first kappa shape index (κ1) is 16.0. The first-order chi connectivity index (χ1) is 12.0. The van der Waals surface area contributed by atoms with Gasteiger partial charge in [-0.15, -0.1) is 0 Å². The fraction of sp³-hybridized carbons (Fsp3) is 0.250. The van der Waals surface area contributed by atoms with Crippen molar-refractivity contribution in [3.63, 3.8) is 0 Å². The van der Waals surface area contributed by atoms with E-state index in [4.69, 9.17) is 11.6 Å². The van der Waals surface area contributed by atoms with E-state index in [0.29, 0.717) is 5.56 Å². The highest BCUT2D eigenvalue weighted by Crippen LogP contribution is 2.35. The third kappa shape index (κ3) is 2.87. The average molecular weight is 355 g/mol. The van der Waals surface area contributed by atoms with Crippen molar-refractivity contribution in [3.05, 3.63) is 63.8 Å². The Morgan fingerprint density at radius 2 is 2.12 bits per heavy atom. The van der Waals surface area contributed by atoms with Crippen molar-refractivity contribution in [1.82, 2.24) is 10.3 Å². The molecule has 0 spiro atoms. The molecule has 4 rings (SSSR count). The predicted molar refractivity (Wildman–Crippen MR) is 99.3 cm³/mol. The first-order valence-electron chi connectivity index (χ1n) is 8.43. The molecule has 0 fully saturated rings. The summed E-state index contributed by atoms with van der Waals surface area (Å²) in [5.74, 6) is -0.209. The van der Waals surface area contributed by atoms with E-state index in [0.717, 1.165) is 30.5 Å². The molecule has 1 aromatic heterocycles. The number of hydrogen-bond acceptors (Lipinski definition) is 2. The molecule has 5 heteroatoms. The van der Waals surface area contributed by atoms with Crippen LogP contribution in [0, 0.1) is 6.92 Å². The molecule has 0 bridgehead atoms. The van der Waals surface area contributed by atoms with Crippen LogP contribution in [0.3, 0.4) is 0 Å². The van der Waals surface area contributed by atoms with Gasteiger partial charge in [0.2, 0.25) is 0 Å². The van der Waals surface area contributed by atoms with Gasteiger partial charge in [-0.1, -0.05) is 23.2 Å². The van der Waals surface area contributed by atoms with E-state index in [9.17, 15) is 9.90 Å². The van der Waals surface area contributed by atoms with Gasteiger partial charge in [0.05, 0.1) is 11.1 Å². The molecule has 1 atom stereocenters. The molecule has 0 aliphatic heterocycles. The van der Waals surface area contributed by atoms with Gasteiger partial charge in [0.1, 0.15) is 5.75 Å². The zero-order valence-electron chi connectivity index (χ0n) is 13.9. The second kappa shape index (κ2) is 6.12. The maximum absolute atomic E-state index is 12.6. The standard InChI is InChI=1S/C20H19ClN2O2/c1-11-5-7-16-14(9-11)13-3-2-4-17(19(13)22-16)23-20(25)12-6-8-18(24)15(21)10-12/h5-10,17,22,24H,2-4H2,1H3,(H,23,25). The third-order valence-electron chi connectivity index (χ3n) is 4.88. The average Bonchev–Trinajstić information content (AvgIpc) is 2.96. The molecule has 128 valence electrons. The summed E-state index contributed by atoms with van der Waals surface area (Å²) in [5, 5.41) is 14.0. The van der Waals surface area contributed by atoms with Gasteiger partial charge in [-0.3, -0.25) is 4.79 Å². The van der Waals surface area contributed by atoms with E-state index < -0.39 is 0 Å². The van der Waals surface area contributed by atoms with Crippen molar-refractivity contribution in [3.8, 4) is 5.75 Å². The van der Waals surface area contributed by atoms with Crippen LogP contribution in [0.1, 0.15) is 46.1 Å². The van der Waals surface area contributed by atoms with Crippen molar-refractivity contribution < 1.29 is 9.90 Å². The Morgan fingerprint density at radius 3 is 2.92 bits per heavy atom. The number of carbonyl (C=O) groups is 1. The number of fused-ring (bicyclic) bond motifs is 3. The largest absolute Gasteiger partial charge is 0.506 e. The number of carbonyl (C=O) groups excluding carboxylic acids is 1. The maximum Gasteiger partial charge on any atom is 0.251 e. The summed E-state index contributed by atoms with van der Waals surface area (Å²) in [7, 11) is 0. The van der Waals surface area contributed by atoms with Gasteiger partial charge >= 0.3 is 0 Å². The van der Waals surface area contributed by atoms with E-state index in [1.807, 2.05) is 0 Å². The summed E-state index contributed by atoms with van der Waals surface area (Å²) in [4.78, 5) is 16.1. The molecule has 0 radical (unpaired) electrons. The van der Waals surface area contributed by atoms with Gasteiger partial charge in [-0.25, -0.2) is 0 Å². The number of aromatic hydroxyl groups is 1. The predicted octanol–water partition coefficient (Wildman–Crippen LogP) is 4.64. The van der Waals surface area contributed by atoms with Crippen molar-refractivity contribution in [2.24, 2.45) is 0 Å². The second-order valence-corrected chi connectivity index (χ2v) is 7.06. The number of aromatic amines is 1. The van der Waals surface area contributed by atoms with Gasteiger partial charge in [-0.05, 0) is 62.1 Å². The Bertz CT molecular complexity index is 977. The summed E-state index contributed by atoms with van der Waals surface area (Å²) < 4.78 is 0. The minimum atomic E-state index is -0.186. The van der Waals surface area contributed by atoms with Crippen molar-refractivity contribution in [2.75, 3.05) is 0 Å². The lowest BCUT2D eigenvalue weighted by Gasteiger charge is -2.24. The number of amides is 1. The van der Waals surface area contributed by atoms with Crippen LogP contribution in [-0.4, -0.2) is 16.0 Å². The van der Waals surface area contributed by atoms with Crippen molar-refractivity contribution >= 4 is 28.4 Å². The topological polar surface area (TPSA) is 65.1 Å². The molecule has 0 saturated carbocycles. The van der Waals surface area contributed by atoms with E-state index in [-0.39, 0.29) is 22.7 Å². The molecular formula is C20H19ClN2O2. The summed E-state index contributed by atoms with van der Waals surface area (Å²) in [6.07, 6.45) is 2.96. The lowest BCUT2D eigenvalue weighted by atomic mass is 9.91. The minimum absolute atomic E-state index is 0.0239. The smallest absolute Gasteiger partial charge is 0.251 e. The monoisotopic (exact) mass is 354 g/mol. The summed E-state index contributed by atoms with van der Waals surface area (Å²) in [5.41, 5.74) is 5.20. The maximum atomic E-state index is 12.6. The number of hydrogen-bond donors (Lipinski definition) is 3. The molecule has 25 heavy (non-hydrogen) atoms. The fourth-order valence-corrected chi connectivity index (χ4v) is 3.79. The van der Waals surface area contributed by atoms with Crippen LogP contribution in [0.25, 0.3) is 10.9 Å². The summed E-state index contributed by atoms with van der Waals surface area (Å²) in [6, 6.07) is 10.9. The van der Waals surface area contributed by atoms with Gasteiger partial charge in [0, 0.05) is 22.2 Å². The van der Waals surface area contributed by atoms with E-state index in [1.54, 1.807) is 6.07 Å². The number of aryl methyl sites for hydroxylation is 2. The van der Waals surface area contributed by atoms with Crippen LogP contribution >= 0.6 is 11.6 Å². The Morgan fingerprint density at radius 1 is 1.28 bits per heavy atom. The number of aromatic nitrogens is 1. The van der Waals surface area contributed by atoms with Crippen LogP contribution in [-0.2, 0) is 6.42 Å². The molecule has 3 aromatic rings. The highest BCUT2D eigenvalue weighted by Gasteiger charge is 2.26. The Kier molecular flexibility index (Phi) is 3.92. The molecule has 1 heterocycles. The van der Waals surface area contributed by atoms with Crippen LogP contribution in [0.5, 0.6) is 5.75 Å². The number of benzene rings is 2. The number of H-pyrrole nitrogens is 1. The highest BCUT2D eigenvalue weighted by molar-refractivity contribution is 6.32. The number of phenolic OH excluding ortho intramolecular Hbond substituents is 1. The number of phenols is 1. The number of rotatable bonds is 2. The van der Waals surface area contributed by atoms with E-state index in [2.05, 4.69) is 35.4 Å². The van der Waals surface area contributed by atoms with Crippen LogP contribution in [0.2, 0.25) is 5.02 Å². The zero-order valence-corrected chi connectivity index (χ0v) is 14.7. The van der Waals surface area contributed by atoms with Crippen LogP contribution in [0.15, 0.2) is 36.4 Å². The third-order valence-corrected chi connectivity index (χ3v) is 5.18. The van der Waals surface area contributed by atoms with E-state index >= 15 is 0 Å². The normalized spacial score (nSPS) is 16.6. The van der Waals surface area contributed by atoms with Crippen LogP contribution < -0.4 is 5.32 Å². The minimum Gasteiger partial charge on any atom is -0.506 e. The molecule has 0 saturated heterocycles. The molecular weight excluding hydrogens is 336 g/mol. The highest BCUT2D eigenvalue weighted by atomic mass is 35.5. The SMILES string of the molecule is Cc1ccc2[nH]c3c(c2c1)CCCC3NC(=O)c1ccc(O)c(Cl)c1. The van der Waals surface area contributed by atoms with Crippen molar-refractivity contribution in [1.29, 1.82) is 0 Å². The Hall–Kier alpha value is -2.46. The number of nitrogens with one attached hydrogen (secondary N) is 2. The van der Waals surface area contributed by atoms with Gasteiger partial charge in [0.15, 0.2) is 0 Å². The van der Waals surface area contributed by atoms with Gasteiger partial charge < -0.3 is 15.4 Å². The second-order valence-electron chi connectivity index (χ2n) is 6.65. The van der Waals surface area contributed by atoms with E-state index in [1.165, 1.54) is 28.6 Å². The Labute approximate surface area is 150 Å². The van der Waals surface area contributed by atoms with Crippen LogP contribution in [0.4, 0.5) is 0 Å². The number of halogens is 1. The molecule has 1 unspecified atom stereocenters. The lowest BCUT2D eigenvalue weighted by Crippen LogP contribution is -2.31. The van der Waals surface area contributed by atoms with Crippen molar-refractivity contribution in [2.45, 2.75) is 32.2 Å². The molecule has 1 amide bonds. The summed E-state index contributed by atoms with van der Waals surface area (Å²) in [6.45, 7) is 2.09. The summed E-state index contributed by atoms with van der Waals surface area (Å²) >= 11 is 5.91. The molecule has 1 aliphatic carbocycles. The Balaban J connectivity index is 1.65. The van der Waals surface area contributed by atoms with Gasteiger partial charge in [0.25, 0.3) is 5.91 Å². The van der Waals surface area contributed by atoms with Gasteiger partial charge in [-0.2, -0.15) is 0 Å². The molecule has 1 aliphatic rings. The molecule has 2 aromatic carbocycles. The first-order valence-corrected chi connectivity index (χ1v) is 8.81.